The lowest BCUT2D eigenvalue weighted by Crippen LogP contribution is -2.04. The quantitative estimate of drug-likeness (QED) is 0.793. The molecule has 0 atom stereocenters. The van der Waals surface area contributed by atoms with Crippen LogP contribution in [0.5, 0.6) is 0 Å². The smallest absolute Gasteiger partial charge is 0.137 e. The van der Waals surface area contributed by atoms with Crippen LogP contribution in [0, 0.1) is 12.7 Å². The Balaban J connectivity index is 1.86. The Morgan fingerprint density at radius 2 is 1.79 bits per heavy atom. The van der Waals surface area contributed by atoms with Gasteiger partial charge in [-0.1, -0.05) is 42.0 Å². The maximum Gasteiger partial charge on any atom is 0.137 e. The van der Waals surface area contributed by atoms with Gasteiger partial charge in [0.15, 0.2) is 0 Å². The lowest BCUT2D eigenvalue weighted by molar-refractivity contribution is -0.118. The summed E-state index contributed by atoms with van der Waals surface area (Å²) in [5.74, 6) is -0.144. The largest absolute Gasteiger partial charge is 0.299 e. The summed E-state index contributed by atoms with van der Waals surface area (Å²) in [5, 5.41) is 0. The maximum absolute atomic E-state index is 13.0. The van der Waals surface area contributed by atoms with Crippen molar-refractivity contribution in [3.05, 3.63) is 71.0 Å². The molecule has 2 aromatic rings. The lowest BCUT2D eigenvalue weighted by Gasteiger charge is -2.03. The Labute approximate surface area is 113 Å². The predicted octanol–water partition coefficient (Wildman–Crippen LogP) is 3.88. The number of carbonyl (C=O) groups excluding carboxylic acids is 1. The van der Waals surface area contributed by atoms with Crippen LogP contribution in [-0.2, 0) is 17.6 Å². The zero-order valence-corrected chi connectivity index (χ0v) is 11.0. The minimum absolute atomic E-state index is 0.145. The van der Waals surface area contributed by atoms with E-state index in [0.29, 0.717) is 12.8 Å². The van der Waals surface area contributed by atoms with E-state index in [1.165, 1.54) is 17.7 Å². The summed E-state index contributed by atoms with van der Waals surface area (Å²) in [4.78, 5) is 11.8. The Bertz CT molecular complexity index is 558. The van der Waals surface area contributed by atoms with Crippen molar-refractivity contribution >= 4 is 5.78 Å². The molecule has 0 unspecified atom stereocenters. The fraction of sp³-hybridized carbons (Fsp3) is 0.235. The topological polar surface area (TPSA) is 17.1 Å². The molecule has 0 aliphatic carbocycles. The summed E-state index contributed by atoms with van der Waals surface area (Å²) in [6, 6.07) is 14.4. The molecule has 2 aromatic carbocycles. The van der Waals surface area contributed by atoms with Gasteiger partial charge in [0.2, 0.25) is 0 Å². The van der Waals surface area contributed by atoms with E-state index in [9.17, 15) is 9.18 Å². The summed E-state index contributed by atoms with van der Waals surface area (Å²) in [6.07, 6.45) is 1.55. The van der Waals surface area contributed by atoms with E-state index in [1.54, 1.807) is 12.1 Å². The third-order valence-corrected chi connectivity index (χ3v) is 3.10. The zero-order chi connectivity index (χ0) is 13.7. The monoisotopic (exact) mass is 256 g/mol. The number of rotatable bonds is 5. The van der Waals surface area contributed by atoms with Crippen molar-refractivity contribution in [2.45, 2.75) is 26.2 Å². The Kier molecular flexibility index (Phi) is 4.45. The standard InChI is InChI=1S/C17H17FO/c1-13-5-7-14(8-6-13)9-10-17(19)12-15-3-2-4-16(18)11-15/h2-8,11H,9-10,12H2,1H3. The molecule has 0 aliphatic rings. The second-order valence-electron chi connectivity index (χ2n) is 4.83. The van der Waals surface area contributed by atoms with Crippen LogP contribution in [0.3, 0.4) is 0 Å². The normalized spacial score (nSPS) is 10.4. The van der Waals surface area contributed by atoms with Crippen molar-refractivity contribution in [2.75, 3.05) is 0 Å². The van der Waals surface area contributed by atoms with Crippen LogP contribution in [-0.4, -0.2) is 5.78 Å². The first kappa shape index (κ1) is 13.5. The highest BCUT2D eigenvalue weighted by Crippen LogP contribution is 2.09. The van der Waals surface area contributed by atoms with Crippen molar-refractivity contribution in [2.24, 2.45) is 0 Å². The average molecular weight is 256 g/mol. The maximum atomic E-state index is 13.0. The number of aryl methyl sites for hydroxylation is 2. The summed E-state index contributed by atoms with van der Waals surface area (Å²) >= 11 is 0. The number of carbonyl (C=O) groups is 1. The highest BCUT2D eigenvalue weighted by Gasteiger charge is 2.05. The molecule has 19 heavy (non-hydrogen) atoms. The van der Waals surface area contributed by atoms with Crippen LogP contribution in [0.2, 0.25) is 0 Å². The van der Waals surface area contributed by atoms with Crippen molar-refractivity contribution in [1.29, 1.82) is 0 Å². The van der Waals surface area contributed by atoms with Gasteiger partial charge >= 0.3 is 0 Å². The van der Waals surface area contributed by atoms with Crippen molar-refractivity contribution in [1.82, 2.24) is 0 Å². The number of Topliss-reactive ketones (excluding diaryl/α,β-unsaturated/α-hetero) is 1. The third-order valence-electron chi connectivity index (χ3n) is 3.10. The number of ketones is 1. The number of benzene rings is 2. The zero-order valence-electron chi connectivity index (χ0n) is 11.0. The van der Waals surface area contributed by atoms with Crippen molar-refractivity contribution < 1.29 is 9.18 Å². The molecule has 0 aliphatic heterocycles. The molecule has 2 rings (SSSR count). The van der Waals surface area contributed by atoms with E-state index in [-0.39, 0.29) is 11.6 Å². The second-order valence-corrected chi connectivity index (χ2v) is 4.83. The molecule has 0 radical (unpaired) electrons. The predicted molar refractivity (Wildman–Crippen MR) is 74.6 cm³/mol. The van der Waals surface area contributed by atoms with E-state index < -0.39 is 0 Å². The van der Waals surface area contributed by atoms with E-state index in [0.717, 1.165) is 17.5 Å². The molecule has 0 N–H and O–H groups in total. The van der Waals surface area contributed by atoms with E-state index in [2.05, 4.69) is 0 Å². The van der Waals surface area contributed by atoms with Crippen molar-refractivity contribution in [3.63, 3.8) is 0 Å². The fourth-order valence-corrected chi connectivity index (χ4v) is 2.00. The first-order valence-corrected chi connectivity index (χ1v) is 6.45. The van der Waals surface area contributed by atoms with Gasteiger partial charge in [-0.2, -0.15) is 0 Å². The van der Waals surface area contributed by atoms with Crippen LogP contribution in [0.15, 0.2) is 48.5 Å². The highest BCUT2D eigenvalue weighted by molar-refractivity contribution is 5.81. The molecule has 0 saturated carbocycles. The highest BCUT2D eigenvalue weighted by atomic mass is 19.1. The SMILES string of the molecule is Cc1ccc(CCC(=O)Cc2cccc(F)c2)cc1. The molecule has 2 heteroatoms. The minimum Gasteiger partial charge on any atom is -0.299 e. The average Bonchev–Trinajstić information content (AvgIpc) is 2.38. The van der Waals surface area contributed by atoms with Crippen LogP contribution < -0.4 is 0 Å². The number of hydrogen-bond acceptors (Lipinski definition) is 1. The van der Waals surface area contributed by atoms with Gasteiger partial charge in [0.05, 0.1) is 0 Å². The van der Waals surface area contributed by atoms with Gasteiger partial charge in [0.1, 0.15) is 11.6 Å². The number of hydrogen-bond donors (Lipinski definition) is 0. The third kappa shape index (κ3) is 4.32. The van der Waals surface area contributed by atoms with E-state index >= 15 is 0 Å². The van der Waals surface area contributed by atoms with E-state index in [1.807, 2.05) is 31.2 Å². The van der Waals surface area contributed by atoms with Gasteiger partial charge in [-0.05, 0) is 36.6 Å². The second kappa shape index (κ2) is 6.28. The first-order chi connectivity index (χ1) is 9.13. The molecule has 0 fully saturated rings. The van der Waals surface area contributed by atoms with Crippen molar-refractivity contribution in [3.8, 4) is 0 Å². The number of halogens is 1. The lowest BCUT2D eigenvalue weighted by atomic mass is 10.0. The summed E-state index contributed by atoms with van der Waals surface area (Å²) < 4.78 is 13.0. The van der Waals surface area contributed by atoms with Gasteiger partial charge in [0.25, 0.3) is 0 Å². The minimum atomic E-state index is -0.288. The molecule has 0 bridgehead atoms. The molecule has 0 aromatic heterocycles. The molecule has 1 nitrogen and oxygen atoms in total. The molecule has 0 spiro atoms. The Morgan fingerprint density at radius 1 is 1.05 bits per heavy atom. The summed E-state index contributed by atoms with van der Waals surface area (Å²) in [5.41, 5.74) is 3.13. The van der Waals surface area contributed by atoms with Gasteiger partial charge in [0, 0.05) is 12.8 Å². The summed E-state index contributed by atoms with van der Waals surface area (Å²) in [7, 11) is 0. The van der Waals surface area contributed by atoms with E-state index in [4.69, 9.17) is 0 Å². The van der Waals surface area contributed by atoms with Crippen LogP contribution in [0.4, 0.5) is 4.39 Å². The van der Waals surface area contributed by atoms with Crippen LogP contribution >= 0.6 is 0 Å². The molecule has 98 valence electrons. The molecular weight excluding hydrogens is 239 g/mol. The Morgan fingerprint density at radius 3 is 2.47 bits per heavy atom. The van der Waals surface area contributed by atoms with Gasteiger partial charge in [-0.3, -0.25) is 4.79 Å². The van der Waals surface area contributed by atoms with Crippen LogP contribution in [0.25, 0.3) is 0 Å². The molecule has 0 amide bonds. The van der Waals surface area contributed by atoms with Gasteiger partial charge in [-0.15, -0.1) is 0 Å². The molecule has 0 heterocycles. The Hall–Kier alpha value is -1.96. The summed E-state index contributed by atoms with van der Waals surface area (Å²) in [6.45, 7) is 2.04. The van der Waals surface area contributed by atoms with Crippen LogP contribution in [0.1, 0.15) is 23.1 Å². The first-order valence-electron chi connectivity index (χ1n) is 6.45. The molecular formula is C17H17FO. The van der Waals surface area contributed by atoms with Gasteiger partial charge in [-0.25, -0.2) is 4.39 Å². The molecule has 0 saturated heterocycles. The fourth-order valence-electron chi connectivity index (χ4n) is 2.00. The van der Waals surface area contributed by atoms with Gasteiger partial charge < -0.3 is 0 Å².